The minimum Gasteiger partial charge on any atom is -0.363 e. The van der Waals surface area contributed by atoms with Crippen molar-refractivity contribution in [3.8, 4) is 0 Å². The van der Waals surface area contributed by atoms with Gasteiger partial charge < -0.3 is 4.90 Å². The molecule has 0 aliphatic carbocycles. The van der Waals surface area contributed by atoms with Gasteiger partial charge in [-0.15, -0.1) is 0 Å². The summed E-state index contributed by atoms with van der Waals surface area (Å²) in [4.78, 5) is 6.26. The molecule has 0 spiro atoms. The number of halogens is 1. The van der Waals surface area contributed by atoms with E-state index in [0.29, 0.717) is 0 Å². The normalized spacial score (nSPS) is 9.82. The Balaban J connectivity index is 3.09. The first-order valence-electron chi connectivity index (χ1n) is 3.40. The molecule has 0 saturated heterocycles. The smallest absolute Gasteiger partial charge is 0.130 e. The van der Waals surface area contributed by atoms with Gasteiger partial charge >= 0.3 is 0 Å². The average Bonchev–Trinajstić information content (AvgIpc) is 1.85. The topological polar surface area (TPSA) is 16.1 Å². The van der Waals surface area contributed by atoms with Crippen molar-refractivity contribution in [2.45, 2.75) is 6.92 Å². The molecule has 0 unspecified atom stereocenters. The van der Waals surface area contributed by atoms with Gasteiger partial charge in [-0.2, -0.15) is 0 Å². The SMILES string of the molecule is Cc1cc(Br)cnc1N(C)C. The Morgan fingerprint density at radius 2 is 2.09 bits per heavy atom. The Morgan fingerprint density at radius 3 is 2.55 bits per heavy atom. The molecule has 0 bridgehead atoms. The predicted molar refractivity (Wildman–Crippen MR) is 51.0 cm³/mol. The minimum atomic E-state index is 1.02. The Morgan fingerprint density at radius 1 is 1.45 bits per heavy atom. The second-order valence-electron chi connectivity index (χ2n) is 2.69. The molecule has 11 heavy (non-hydrogen) atoms. The van der Waals surface area contributed by atoms with Crippen LogP contribution in [0.3, 0.4) is 0 Å². The molecular formula is C8H11BrN2. The van der Waals surface area contributed by atoms with Crippen LogP contribution in [0.5, 0.6) is 0 Å². The van der Waals surface area contributed by atoms with Crippen LogP contribution in [0.2, 0.25) is 0 Å². The molecule has 1 rings (SSSR count). The van der Waals surface area contributed by atoms with Crippen molar-refractivity contribution >= 4 is 21.7 Å². The van der Waals surface area contributed by atoms with Gasteiger partial charge in [-0.3, -0.25) is 0 Å². The molecule has 0 amide bonds. The van der Waals surface area contributed by atoms with Gasteiger partial charge in [0.05, 0.1) is 0 Å². The van der Waals surface area contributed by atoms with Crippen molar-refractivity contribution in [3.63, 3.8) is 0 Å². The van der Waals surface area contributed by atoms with Crippen LogP contribution in [0.15, 0.2) is 16.7 Å². The average molecular weight is 215 g/mol. The highest BCUT2D eigenvalue weighted by atomic mass is 79.9. The van der Waals surface area contributed by atoms with Crippen molar-refractivity contribution in [2.75, 3.05) is 19.0 Å². The Labute approximate surface area is 75.4 Å². The molecule has 0 saturated carbocycles. The molecule has 0 radical (unpaired) electrons. The number of pyridine rings is 1. The molecule has 0 aliphatic rings. The standard InChI is InChI=1S/C8H11BrN2/c1-6-4-7(9)5-10-8(6)11(2)3/h4-5H,1-3H3. The van der Waals surface area contributed by atoms with Crippen LogP contribution in [0.25, 0.3) is 0 Å². The van der Waals surface area contributed by atoms with Gasteiger partial charge in [0.15, 0.2) is 0 Å². The summed E-state index contributed by atoms with van der Waals surface area (Å²) in [5, 5.41) is 0. The van der Waals surface area contributed by atoms with Crippen molar-refractivity contribution < 1.29 is 0 Å². The number of nitrogens with zero attached hydrogens (tertiary/aromatic N) is 2. The molecule has 1 aromatic rings. The van der Waals surface area contributed by atoms with E-state index in [0.717, 1.165) is 10.3 Å². The van der Waals surface area contributed by atoms with Crippen LogP contribution < -0.4 is 4.90 Å². The Kier molecular flexibility index (Phi) is 2.49. The quantitative estimate of drug-likeness (QED) is 0.713. The minimum absolute atomic E-state index is 1.02. The van der Waals surface area contributed by atoms with Gasteiger partial charge in [0.1, 0.15) is 5.82 Å². The van der Waals surface area contributed by atoms with Gasteiger partial charge in [-0.05, 0) is 34.5 Å². The molecule has 60 valence electrons. The third kappa shape index (κ3) is 1.93. The van der Waals surface area contributed by atoms with E-state index in [9.17, 15) is 0 Å². The number of hydrogen-bond acceptors (Lipinski definition) is 2. The summed E-state index contributed by atoms with van der Waals surface area (Å²) >= 11 is 3.36. The Bertz CT molecular complexity index is 258. The summed E-state index contributed by atoms with van der Waals surface area (Å²) in [5.74, 6) is 1.02. The summed E-state index contributed by atoms with van der Waals surface area (Å²) in [6.45, 7) is 2.05. The van der Waals surface area contributed by atoms with Gasteiger partial charge in [-0.25, -0.2) is 4.98 Å². The molecule has 3 heteroatoms. The lowest BCUT2D eigenvalue weighted by Crippen LogP contribution is -2.11. The van der Waals surface area contributed by atoms with Crippen LogP contribution in [0.1, 0.15) is 5.56 Å². The maximum atomic E-state index is 4.26. The fourth-order valence-corrected chi connectivity index (χ4v) is 1.45. The zero-order valence-electron chi connectivity index (χ0n) is 6.93. The molecule has 1 aromatic heterocycles. The second kappa shape index (κ2) is 3.22. The second-order valence-corrected chi connectivity index (χ2v) is 3.60. The molecule has 0 fully saturated rings. The van der Waals surface area contributed by atoms with Crippen LogP contribution in [-0.4, -0.2) is 19.1 Å². The van der Waals surface area contributed by atoms with E-state index in [2.05, 4.69) is 27.0 Å². The van der Waals surface area contributed by atoms with Gasteiger partial charge in [0.25, 0.3) is 0 Å². The van der Waals surface area contributed by atoms with E-state index in [4.69, 9.17) is 0 Å². The molecular weight excluding hydrogens is 204 g/mol. The summed E-state index contributed by atoms with van der Waals surface area (Å²) in [6.07, 6.45) is 1.81. The zero-order chi connectivity index (χ0) is 8.43. The van der Waals surface area contributed by atoms with Crippen LogP contribution >= 0.6 is 15.9 Å². The zero-order valence-corrected chi connectivity index (χ0v) is 8.51. The number of hydrogen-bond donors (Lipinski definition) is 0. The molecule has 0 N–H and O–H groups in total. The fourth-order valence-electron chi connectivity index (χ4n) is 1.00. The van der Waals surface area contributed by atoms with Crippen LogP contribution in [0.4, 0.5) is 5.82 Å². The highest BCUT2D eigenvalue weighted by Gasteiger charge is 2.00. The highest BCUT2D eigenvalue weighted by Crippen LogP contribution is 2.18. The van der Waals surface area contributed by atoms with E-state index in [-0.39, 0.29) is 0 Å². The molecule has 1 heterocycles. The van der Waals surface area contributed by atoms with Crippen molar-refractivity contribution in [1.29, 1.82) is 0 Å². The lowest BCUT2D eigenvalue weighted by molar-refractivity contribution is 1.05. The maximum absolute atomic E-state index is 4.26. The van der Waals surface area contributed by atoms with Crippen molar-refractivity contribution in [3.05, 3.63) is 22.3 Å². The summed E-state index contributed by atoms with van der Waals surface area (Å²) in [6, 6.07) is 2.06. The largest absolute Gasteiger partial charge is 0.363 e. The molecule has 2 nitrogen and oxygen atoms in total. The van der Waals surface area contributed by atoms with E-state index < -0.39 is 0 Å². The monoisotopic (exact) mass is 214 g/mol. The van der Waals surface area contributed by atoms with Gasteiger partial charge in [0.2, 0.25) is 0 Å². The highest BCUT2D eigenvalue weighted by molar-refractivity contribution is 9.10. The van der Waals surface area contributed by atoms with E-state index >= 15 is 0 Å². The van der Waals surface area contributed by atoms with Crippen molar-refractivity contribution in [1.82, 2.24) is 4.98 Å². The first-order valence-corrected chi connectivity index (χ1v) is 4.20. The van der Waals surface area contributed by atoms with E-state index in [1.807, 2.05) is 32.1 Å². The lowest BCUT2D eigenvalue weighted by Gasteiger charge is -2.13. The Hall–Kier alpha value is -0.570. The maximum Gasteiger partial charge on any atom is 0.130 e. The molecule has 0 aliphatic heterocycles. The fraction of sp³-hybridized carbons (Fsp3) is 0.375. The van der Waals surface area contributed by atoms with Gasteiger partial charge in [0, 0.05) is 24.8 Å². The predicted octanol–water partition coefficient (Wildman–Crippen LogP) is 2.22. The molecule has 0 aromatic carbocycles. The number of aryl methyl sites for hydroxylation is 1. The third-order valence-electron chi connectivity index (χ3n) is 1.44. The lowest BCUT2D eigenvalue weighted by atomic mass is 10.3. The van der Waals surface area contributed by atoms with E-state index in [1.54, 1.807) is 0 Å². The van der Waals surface area contributed by atoms with Crippen molar-refractivity contribution in [2.24, 2.45) is 0 Å². The summed E-state index contributed by atoms with van der Waals surface area (Å²) in [7, 11) is 3.98. The number of rotatable bonds is 1. The van der Waals surface area contributed by atoms with E-state index in [1.165, 1.54) is 5.56 Å². The summed E-state index contributed by atoms with van der Waals surface area (Å²) < 4.78 is 1.03. The number of anilines is 1. The summed E-state index contributed by atoms with van der Waals surface area (Å²) in [5.41, 5.74) is 1.18. The third-order valence-corrected chi connectivity index (χ3v) is 1.87. The van der Waals surface area contributed by atoms with Crippen LogP contribution in [-0.2, 0) is 0 Å². The number of aromatic nitrogens is 1. The van der Waals surface area contributed by atoms with Gasteiger partial charge in [-0.1, -0.05) is 0 Å². The first kappa shape index (κ1) is 8.53. The first-order chi connectivity index (χ1) is 5.11. The molecule has 0 atom stereocenters. The van der Waals surface area contributed by atoms with Crippen LogP contribution in [0, 0.1) is 6.92 Å².